The predicted octanol–water partition coefficient (Wildman–Crippen LogP) is 2.84. The Bertz CT molecular complexity index is 422. The second kappa shape index (κ2) is 8.12. The molecule has 0 saturated heterocycles. The maximum absolute atomic E-state index is 11.9. The van der Waals surface area contributed by atoms with Crippen molar-refractivity contribution < 1.29 is 9.53 Å². The van der Waals surface area contributed by atoms with E-state index in [1.807, 2.05) is 20.8 Å². The SMILES string of the molecule is CCc1cc(C(=O)NCCCOC(C)C)cc(Cl)n1. The van der Waals surface area contributed by atoms with Crippen molar-refractivity contribution >= 4 is 17.5 Å². The van der Waals surface area contributed by atoms with Crippen molar-refractivity contribution in [1.82, 2.24) is 10.3 Å². The van der Waals surface area contributed by atoms with Gasteiger partial charge in [0, 0.05) is 24.4 Å². The normalized spacial score (nSPS) is 10.8. The van der Waals surface area contributed by atoms with E-state index in [9.17, 15) is 4.79 Å². The largest absolute Gasteiger partial charge is 0.379 e. The van der Waals surface area contributed by atoms with Gasteiger partial charge in [-0.2, -0.15) is 0 Å². The number of pyridine rings is 1. The third kappa shape index (κ3) is 6.03. The number of nitrogens with zero attached hydrogens (tertiary/aromatic N) is 1. The van der Waals surface area contributed by atoms with Gasteiger partial charge in [0.1, 0.15) is 5.15 Å². The Hall–Kier alpha value is -1.13. The molecule has 1 aromatic heterocycles. The number of carbonyl (C=O) groups excluding carboxylic acids is 1. The first-order valence-corrected chi connectivity index (χ1v) is 6.97. The van der Waals surface area contributed by atoms with Crippen LogP contribution in [0, 0.1) is 0 Å². The highest BCUT2D eigenvalue weighted by Gasteiger charge is 2.08. The fourth-order valence-electron chi connectivity index (χ4n) is 1.56. The lowest BCUT2D eigenvalue weighted by atomic mass is 10.2. The number of hydrogen-bond acceptors (Lipinski definition) is 3. The van der Waals surface area contributed by atoms with Crippen molar-refractivity contribution in [2.24, 2.45) is 0 Å². The second-order valence-corrected chi connectivity index (χ2v) is 4.94. The average molecular weight is 285 g/mol. The Balaban J connectivity index is 2.43. The fourth-order valence-corrected chi connectivity index (χ4v) is 1.78. The summed E-state index contributed by atoms with van der Waals surface area (Å²) < 4.78 is 5.40. The van der Waals surface area contributed by atoms with E-state index in [0.29, 0.717) is 23.9 Å². The molecule has 0 radical (unpaired) electrons. The van der Waals surface area contributed by atoms with E-state index in [0.717, 1.165) is 18.5 Å². The molecule has 0 spiro atoms. The van der Waals surface area contributed by atoms with Gasteiger partial charge in [0.05, 0.1) is 6.10 Å². The quantitative estimate of drug-likeness (QED) is 0.619. The van der Waals surface area contributed by atoms with Crippen molar-refractivity contribution in [2.45, 2.75) is 39.7 Å². The van der Waals surface area contributed by atoms with Gasteiger partial charge in [-0.15, -0.1) is 0 Å². The molecule has 1 rings (SSSR count). The summed E-state index contributed by atoms with van der Waals surface area (Å²) in [4.78, 5) is 16.1. The highest BCUT2D eigenvalue weighted by Crippen LogP contribution is 2.11. The first-order chi connectivity index (χ1) is 9.02. The highest BCUT2D eigenvalue weighted by atomic mass is 35.5. The first kappa shape index (κ1) is 15.9. The van der Waals surface area contributed by atoms with Crippen molar-refractivity contribution in [1.29, 1.82) is 0 Å². The number of ether oxygens (including phenoxy) is 1. The first-order valence-electron chi connectivity index (χ1n) is 6.59. The number of aryl methyl sites for hydroxylation is 1. The number of rotatable bonds is 7. The molecule has 0 saturated carbocycles. The van der Waals surface area contributed by atoms with Crippen LogP contribution >= 0.6 is 11.6 Å². The summed E-state index contributed by atoms with van der Waals surface area (Å²) in [6.07, 6.45) is 1.77. The van der Waals surface area contributed by atoms with Crippen LogP contribution < -0.4 is 5.32 Å². The Morgan fingerprint density at radius 3 is 2.84 bits per heavy atom. The third-order valence-corrected chi connectivity index (χ3v) is 2.72. The molecule has 4 nitrogen and oxygen atoms in total. The lowest BCUT2D eigenvalue weighted by Gasteiger charge is -2.09. The number of carbonyl (C=O) groups is 1. The summed E-state index contributed by atoms with van der Waals surface area (Å²) in [5.74, 6) is -0.122. The molecule has 0 aliphatic heterocycles. The van der Waals surface area contributed by atoms with E-state index in [-0.39, 0.29) is 12.0 Å². The second-order valence-electron chi connectivity index (χ2n) is 4.55. The van der Waals surface area contributed by atoms with Crippen LogP contribution in [0.1, 0.15) is 43.2 Å². The Morgan fingerprint density at radius 2 is 2.21 bits per heavy atom. The van der Waals surface area contributed by atoms with Crippen molar-refractivity contribution in [3.8, 4) is 0 Å². The van der Waals surface area contributed by atoms with Crippen LogP contribution in [0.5, 0.6) is 0 Å². The van der Waals surface area contributed by atoms with Gasteiger partial charge < -0.3 is 10.1 Å². The Kier molecular flexibility index (Phi) is 6.81. The summed E-state index contributed by atoms with van der Waals surface area (Å²) in [6, 6.07) is 3.35. The van der Waals surface area contributed by atoms with Crippen molar-refractivity contribution in [3.63, 3.8) is 0 Å². The lowest BCUT2D eigenvalue weighted by Crippen LogP contribution is -2.25. The molecule has 19 heavy (non-hydrogen) atoms. The number of halogens is 1. The minimum Gasteiger partial charge on any atom is -0.379 e. The molecule has 0 aromatic carbocycles. The molecule has 1 heterocycles. The monoisotopic (exact) mass is 284 g/mol. The molecule has 0 fully saturated rings. The molecular formula is C14H21ClN2O2. The number of aromatic nitrogens is 1. The summed E-state index contributed by atoms with van der Waals surface area (Å²) in [6.45, 7) is 7.19. The van der Waals surface area contributed by atoms with Gasteiger partial charge in [0.15, 0.2) is 0 Å². The lowest BCUT2D eigenvalue weighted by molar-refractivity contribution is 0.0757. The van der Waals surface area contributed by atoms with Crippen LogP contribution in [0.2, 0.25) is 5.15 Å². The van der Waals surface area contributed by atoms with E-state index >= 15 is 0 Å². The maximum atomic E-state index is 11.9. The Morgan fingerprint density at radius 1 is 1.47 bits per heavy atom. The molecule has 0 bridgehead atoms. The van der Waals surface area contributed by atoms with Crippen LogP contribution in [-0.4, -0.2) is 30.1 Å². The van der Waals surface area contributed by atoms with Crippen LogP contribution in [0.25, 0.3) is 0 Å². The van der Waals surface area contributed by atoms with Gasteiger partial charge in [-0.1, -0.05) is 18.5 Å². The summed E-state index contributed by atoms with van der Waals surface area (Å²) in [5, 5.41) is 3.20. The molecule has 106 valence electrons. The summed E-state index contributed by atoms with van der Waals surface area (Å²) >= 11 is 5.88. The topological polar surface area (TPSA) is 51.2 Å². The highest BCUT2D eigenvalue weighted by molar-refractivity contribution is 6.29. The molecule has 1 amide bonds. The number of hydrogen-bond donors (Lipinski definition) is 1. The van der Waals surface area contributed by atoms with Crippen LogP contribution in [0.3, 0.4) is 0 Å². The molecule has 5 heteroatoms. The van der Waals surface area contributed by atoms with Gasteiger partial charge >= 0.3 is 0 Å². The maximum Gasteiger partial charge on any atom is 0.251 e. The number of nitrogens with one attached hydrogen (secondary N) is 1. The fraction of sp³-hybridized carbons (Fsp3) is 0.571. The van der Waals surface area contributed by atoms with E-state index in [4.69, 9.17) is 16.3 Å². The van der Waals surface area contributed by atoms with Crippen molar-refractivity contribution in [3.05, 3.63) is 28.5 Å². The van der Waals surface area contributed by atoms with E-state index < -0.39 is 0 Å². The zero-order valence-electron chi connectivity index (χ0n) is 11.7. The van der Waals surface area contributed by atoms with E-state index in [2.05, 4.69) is 10.3 Å². The van der Waals surface area contributed by atoms with Gasteiger partial charge in [-0.05, 0) is 38.8 Å². The predicted molar refractivity (Wildman–Crippen MR) is 76.7 cm³/mol. The van der Waals surface area contributed by atoms with Gasteiger partial charge in [-0.3, -0.25) is 4.79 Å². The molecule has 1 aromatic rings. The standard InChI is InChI=1S/C14H21ClN2O2/c1-4-12-8-11(9-13(15)17-12)14(18)16-6-5-7-19-10(2)3/h8-10H,4-7H2,1-3H3,(H,16,18). The van der Waals surface area contributed by atoms with Crippen molar-refractivity contribution in [2.75, 3.05) is 13.2 Å². The van der Waals surface area contributed by atoms with E-state index in [1.54, 1.807) is 12.1 Å². The molecule has 0 unspecified atom stereocenters. The van der Waals surface area contributed by atoms with Crippen LogP contribution in [0.4, 0.5) is 0 Å². The minimum atomic E-state index is -0.122. The van der Waals surface area contributed by atoms with Gasteiger partial charge in [-0.25, -0.2) is 4.98 Å². The summed E-state index contributed by atoms with van der Waals surface area (Å²) in [5.41, 5.74) is 1.38. The third-order valence-electron chi connectivity index (χ3n) is 2.53. The van der Waals surface area contributed by atoms with Gasteiger partial charge in [0.2, 0.25) is 0 Å². The smallest absolute Gasteiger partial charge is 0.251 e. The molecule has 1 N–H and O–H groups in total. The molecule has 0 atom stereocenters. The molecular weight excluding hydrogens is 264 g/mol. The Labute approximate surface area is 119 Å². The average Bonchev–Trinajstić information content (AvgIpc) is 2.36. The summed E-state index contributed by atoms with van der Waals surface area (Å²) in [7, 11) is 0. The minimum absolute atomic E-state index is 0.122. The molecule has 0 aliphatic carbocycles. The number of amides is 1. The molecule has 0 aliphatic rings. The zero-order valence-corrected chi connectivity index (χ0v) is 12.5. The van der Waals surface area contributed by atoms with Crippen LogP contribution in [-0.2, 0) is 11.2 Å². The van der Waals surface area contributed by atoms with E-state index in [1.165, 1.54) is 0 Å². The van der Waals surface area contributed by atoms with Gasteiger partial charge in [0.25, 0.3) is 5.91 Å². The zero-order chi connectivity index (χ0) is 14.3. The van der Waals surface area contributed by atoms with Crippen LogP contribution in [0.15, 0.2) is 12.1 Å².